The van der Waals surface area contributed by atoms with Crippen molar-refractivity contribution < 1.29 is 13.9 Å². The number of hydrogen-bond acceptors (Lipinski definition) is 6. The molecule has 0 aliphatic carbocycles. The van der Waals surface area contributed by atoms with Crippen LogP contribution in [-0.4, -0.2) is 37.8 Å². The molecule has 4 rings (SSSR count). The number of hydrogen-bond donors (Lipinski definition) is 1. The van der Waals surface area contributed by atoms with Gasteiger partial charge in [0.25, 0.3) is 0 Å². The molecular weight excluding hydrogens is 348 g/mol. The van der Waals surface area contributed by atoms with E-state index in [1.54, 1.807) is 24.3 Å². The second-order valence-electron chi connectivity index (χ2n) is 5.88. The molecule has 1 aromatic carbocycles. The fourth-order valence-corrected chi connectivity index (χ4v) is 2.76. The molecule has 0 atom stereocenters. The van der Waals surface area contributed by atoms with E-state index in [1.807, 2.05) is 31.2 Å². The van der Waals surface area contributed by atoms with E-state index in [1.165, 1.54) is 11.0 Å². The summed E-state index contributed by atoms with van der Waals surface area (Å²) in [5.41, 5.74) is 2.30. The zero-order valence-corrected chi connectivity index (χ0v) is 14.9. The van der Waals surface area contributed by atoms with Gasteiger partial charge in [0.05, 0.1) is 25.5 Å². The molecule has 1 N–H and O–H groups in total. The summed E-state index contributed by atoms with van der Waals surface area (Å²) in [6.07, 6.45) is 4.91. The predicted molar refractivity (Wildman–Crippen MR) is 98.3 cm³/mol. The molecule has 4 aromatic rings. The Morgan fingerprint density at radius 3 is 2.96 bits per heavy atom. The van der Waals surface area contributed by atoms with Crippen molar-refractivity contribution in [1.82, 2.24) is 24.8 Å². The van der Waals surface area contributed by atoms with Crippen LogP contribution >= 0.6 is 0 Å². The number of nitrogens with zero attached hydrogens (tertiary/aromatic N) is 5. The summed E-state index contributed by atoms with van der Waals surface area (Å²) in [6.45, 7) is 2.63. The average Bonchev–Trinajstić information content (AvgIpc) is 3.40. The summed E-state index contributed by atoms with van der Waals surface area (Å²) in [7, 11) is 1.62. The van der Waals surface area contributed by atoms with E-state index < -0.39 is 0 Å². The first-order valence-corrected chi connectivity index (χ1v) is 8.45. The van der Waals surface area contributed by atoms with E-state index in [9.17, 15) is 4.79 Å². The molecule has 3 aromatic heterocycles. The molecule has 0 saturated heterocycles. The van der Waals surface area contributed by atoms with Crippen molar-refractivity contribution >= 4 is 22.7 Å². The Labute approximate surface area is 154 Å². The van der Waals surface area contributed by atoms with Gasteiger partial charge in [0, 0.05) is 17.1 Å². The molecule has 1 amide bonds. The Morgan fingerprint density at radius 1 is 1.30 bits per heavy atom. The topological polar surface area (TPSA) is 100 Å². The van der Waals surface area contributed by atoms with Gasteiger partial charge in [0.1, 0.15) is 24.1 Å². The Kier molecular flexibility index (Phi) is 4.33. The largest absolute Gasteiger partial charge is 0.497 e. The monoisotopic (exact) mass is 366 g/mol. The fraction of sp³-hybridized carbons (Fsp3) is 0.222. The molecule has 9 heteroatoms. The first-order chi connectivity index (χ1) is 13.2. The maximum Gasteiger partial charge on any atom is 0.247 e. The Morgan fingerprint density at radius 2 is 2.19 bits per heavy atom. The number of carbonyl (C=O) groups is 1. The lowest BCUT2D eigenvalue weighted by molar-refractivity contribution is -0.116. The third kappa shape index (κ3) is 3.39. The van der Waals surface area contributed by atoms with Gasteiger partial charge < -0.3 is 14.5 Å². The Bertz CT molecular complexity index is 1090. The van der Waals surface area contributed by atoms with Gasteiger partial charge in [-0.05, 0) is 31.2 Å². The smallest absolute Gasteiger partial charge is 0.247 e. The van der Waals surface area contributed by atoms with Gasteiger partial charge in [0.15, 0.2) is 5.82 Å². The van der Waals surface area contributed by atoms with Crippen LogP contribution in [0.4, 0.5) is 5.82 Å². The number of amides is 1. The highest BCUT2D eigenvalue weighted by molar-refractivity contribution is 5.94. The highest BCUT2D eigenvalue weighted by Gasteiger charge is 2.13. The van der Waals surface area contributed by atoms with E-state index in [2.05, 4.69) is 20.6 Å². The van der Waals surface area contributed by atoms with E-state index in [0.29, 0.717) is 18.1 Å². The zero-order valence-electron chi connectivity index (χ0n) is 14.9. The molecular formula is C18H18N6O3. The third-order valence-electron chi connectivity index (χ3n) is 4.09. The molecule has 0 radical (unpaired) electrons. The maximum absolute atomic E-state index is 12.2. The lowest BCUT2D eigenvalue weighted by atomic mass is 10.1. The molecule has 0 bridgehead atoms. The van der Waals surface area contributed by atoms with Gasteiger partial charge in [-0.25, -0.2) is 0 Å². The van der Waals surface area contributed by atoms with Gasteiger partial charge in [-0.3, -0.25) is 9.48 Å². The molecule has 3 heterocycles. The minimum absolute atomic E-state index is 0.0675. The van der Waals surface area contributed by atoms with E-state index >= 15 is 0 Å². The predicted octanol–water partition coefficient (Wildman–Crippen LogP) is 2.56. The number of ether oxygens (including phenoxy) is 1. The normalized spacial score (nSPS) is 11.0. The summed E-state index contributed by atoms with van der Waals surface area (Å²) in [6, 6.07) is 7.43. The summed E-state index contributed by atoms with van der Waals surface area (Å²) < 4.78 is 12.4. The number of aryl methyl sites for hydroxylation is 1. The zero-order chi connectivity index (χ0) is 18.8. The number of aromatic nitrogens is 5. The molecule has 9 nitrogen and oxygen atoms in total. The molecule has 138 valence electrons. The van der Waals surface area contributed by atoms with Crippen LogP contribution in [0, 0.1) is 0 Å². The third-order valence-corrected chi connectivity index (χ3v) is 4.09. The van der Waals surface area contributed by atoms with Crippen LogP contribution in [0.25, 0.3) is 22.2 Å². The number of fused-ring (bicyclic) bond motifs is 1. The molecule has 0 saturated carbocycles. The average molecular weight is 366 g/mol. The SMILES string of the molecule is CCn1ncc(NC(=O)Cn2ccc(-c3coc4ccc(OC)cc34)n2)n1. The van der Waals surface area contributed by atoms with Crippen molar-refractivity contribution in [3.8, 4) is 17.0 Å². The van der Waals surface area contributed by atoms with E-state index in [0.717, 1.165) is 22.3 Å². The van der Waals surface area contributed by atoms with Crippen LogP contribution in [0.1, 0.15) is 6.92 Å². The van der Waals surface area contributed by atoms with Gasteiger partial charge >= 0.3 is 0 Å². The van der Waals surface area contributed by atoms with Crippen LogP contribution in [0.3, 0.4) is 0 Å². The second kappa shape index (κ2) is 6.94. The quantitative estimate of drug-likeness (QED) is 0.563. The van der Waals surface area contributed by atoms with Gasteiger partial charge in [-0.2, -0.15) is 15.0 Å². The van der Waals surface area contributed by atoms with Crippen LogP contribution in [0.5, 0.6) is 5.75 Å². The first kappa shape index (κ1) is 16.8. The highest BCUT2D eigenvalue weighted by Crippen LogP contribution is 2.32. The highest BCUT2D eigenvalue weighted by atomic mass is 16.5. The lowest BCUT2D eigenvalue weighted by Gasteiger charge is -2.02. The number of nitrogens with one attached hydrogen (secondary N) is 1. The van der Waals surface area contributed by atoms with Crippen molar-refractivity contribution in [2.75, 3.05) is 12.4 Å². The van der Waals surface area contributed by atoms with Crippen LogP contribution < -0.4 is 10.1 Å². The Balaban J connectivity index is 1.51. The molecule has 0 fully saturated rings. The van der Waals surface area contributed by atoms with Crippen molar-refractivity contribution in [1.29, 1.82) is 0 Å². The Hall–Kier alpha value is -3.62. The number of methoxy groups -OCH3 is 1. The minimum Gasteiger partial charge on any atom is -0.497 e. The van der Waals surface area contributed by atoms with Crippen molar-refractivity contribution in [3.63, 3.8) is 0 Å². The van der Waals surface area contributed by atoms with Gasteiger partial charge in [-0.15, -0.1) is 5.10 Å². The van der Waals surface area contributed by atoms with Crippen LogP contribution in [0.15, 0.2) is 47.3 Å². The minimum atomic E-state index is -0.230. The van der Waals surface area contributed by atoms with E-state index in [4.69, 9.17) is 9.15 Å². The molecule has 0 aliphatic heterocycles. The van der Waals surface area contributed by atoms with Gasteiger partial charge in [-0.1, -0.05) is 0 Å². The molecule has 27 heavy (non-hydrogen) atoms. The van der Waals surface area contributed by atoms with Gasteiger partial charge in [0.2, 0.25) is 5.91 Å². The van der Waals surface area contributed by atoms with Crippen LogP contribution in [-0.2, 0) is 17.9 Å². The van der Waals surface area contributed by atoms with Crippen LogP contribution in [0.2, 0.25) is 0 Å². The number of benzene rings is 1. The summed E-state index contributed by atoms with van der Waals surface area (Å²) >= 11 is 0. The number of rotatable bonds is 6. The number of carbonyl (C=O) groups excluding carboxylic acids is 1. The summed E-state index contributed by atoms with van der Waals surface area (Å²) in [5.74, 6) is 0.928. The standard InChI is InChI=1S/C18H18N6O3/c1-3-24-19-9-17(22-24)20-18(25)10-23-7-6-15(21-23)14-11-27-16-5-4-12(26-2)8-13(14)16/h4-9,11H,3,10H2,1-2H3,(H,20,22,25). The second-order valence-corrected chi connectivity index (χ2v) is 5.88. The fourth-order valence-electron chi connectivity index (χ4n) is 2.76. The number of furan rings is 1. The first-order valence-electron chi connectivity index (χ1n) is 8.45. The van der Waals surface area contributed by atoms with E-state index in [-0.39, 0.29) is 12.5 Å². The summed E-state index contributed by atoms with van der Waals surface area (Å²) in [5, 5.41) is 16.2. The molecule has 0 spiro atoms. The van der Waals surface area contributed by atoms with Crippen molar-refractivity contribution in [3.05, 3.63) is 42.9 Å². The summed E-state index contributed by atoms with van der Waals surface area (Å²) in [4.78, 5) is 13.7. The number of anilines is 1. The van der Waals surface area contributed by atoms with Crippen molar-refractivity contribution in [2.45, 2.75) is 20.0 Å². The maximum atomic E-state index is 12.2. The molecule has 0 unspecified atom stereocenters. The lowest BCUT2D eigenvalue weighted by Crippen LogP contribution is -2.19. The van der Waals surface area contributed by atoms with Crippen molar-refractivity contribution in [2.24, 2.45) is 0 Å². The molecule has 0 aliphatic rings.